The molecule has 2 fully saturated rings. The first-order valence-corrected chi connectivity index (χ1v) is 10.4. The van der Waals surface area contributed by atoms with Gasteiger partial charge in [0.1, 0.15) is 5.82 Å². The number of H-pyrrole nitrogens is 1. The standard InChI is InChI=1S/C15H24N6O4S/c1-10-16-13(18-17-10)4-5-14(22)20-6-7-21(15(23)19(2)3)12-9-26(24,25)8-11(12)20/h11-12H,4-9H2,1-3H3,(H,16,17,18)/t11-,12+/m1/s1. The molecule has 10 nitrogen and oxygen atoms in total. The Morgan fingerprint density at radius 3 is 2.38 bits per heavy atom. The molecule has 11 heteroatoms. The predicted molar refractivity (Wildman–Crippen MR) is 93.2 cm³/mol. The third kappa shape index (κ3) is 3.67. The van der Waals surface area contributed by atoms with Crippen LogP contribution in [0.15, 0.2) is 0 Å². The summed E-state index contributed by atoms with van der Waals surface area (Å²) in [6.07, 6.45) is 0.604. The average molecular weight is 384 g/mol. The van der Waals surface area contributed by atoms with E-state index in [1.54, 1.807) is 30.8 Å². The number of aromatic nitrogens is 3. The first-order chi connectivity index (χ1) is 12.2. The molecular formula is C15H24N6O4S. The first kappa shape index (κ1) is 18.6. The summed E-state index contributed by atoms with van der Waals surface area (Å²) in [4.78, 5) is 33.9. The van der Waals surface area contributed by atoms with Crippen molar-refractivity contribution in [2.24, 2.45) is 0 Å². The van der Waals surface area contributed by atoms with E-state index in [9.17, 15) is 18.0 Å². The highest BCUT2D eigenvalue weighted by molar-refractivity contribution is 7.91. The van der Waals surface area contributed by atoms with Gasteiger partial charge in [0, 0.05) is 40.0 Å². The third-order valence-corrected chi connectivity index (χ3v) is 6.53. The number of fused-ring (bicyclic) bond motifs is 1. The molecule has 26 heavy (non-hydrogen) atoms. The second-order valence-corrected chi connectivity index (χ2v) is 9.16. The Hall–Kier alpha value is -2.17. The number of piperazine rings is 1. The maximum absolute atomic E-state index is 12.7. The fraction of sp³-hybridized carbons (Fsp3) is 0.733. The van der Waals surface area contributed by atoms with Gasteiger partial charge < -0.3 is 14.7 Å². The summed E-state index contributed by atoms with van der Waals surface area (Å²) in [5, 5.41) is 6.75. The zero-order valence-corrected chi connectivity index (χ0v) is 16.0. The minimum absolute atomic E-state index is 0.0961. The summed E-state index contributed by atoms with van der Waals surface area (Å²) in [6, 6.07) is -1.20. The summed E-state index contributed by atoms with van der Waals surface area (Å²) in [5.74, 6) is 0.927. The van der Waals surface area contributed by atoms with Crippen molar-refractivity contribution >= 4 is 21.8 Å². The van der Waals surface area contributed by atoms with Crippen LogP contribution in [-0.2, 0) is 21.1 Å². The van der Waals surface area contributed by atoms with Crippen molar-refractivity contribution in [3.8, 4) is 0 Å². The number of carbonyl (C=O) groups is 2. The van der Waals surface area contributed by atoms with Crippen molar-refractivity contribution in [2.75, 3.05) is 38.7 Å². The van der Waals surface area contributed by atoms with Gasteiger partial charge in [-0.15, -0.1) is 0 Å². The molecule has 0 aromatic carbocycles. The lowest BCUT2D eigenvalue weighted by Gasteiger charge is -2.44. The maximum atomic E-state index is 12.7. The van der Waals surface area contributed by atoms with Gasteiger partial charge in [-0.25, -0.2) is 18.2 Å². The summed E-state index contributed by atoms with van der Waals surface area (Å²) in [7, 11) is -0.0150. The van der Waals surface area contributed by atoms with Crippen molar-refractivity contribution in [3.63, 3.8) is 0 Å². The molecule has 1 N–H and O–H groups in total. The van der Waals surface area contributed by atoms with Crippen LogP contribution >= 0.6 is 0 Å². The van der Waals surface area contributed by atoms with Crippen LogP contribution in [0.4, 0.5) is 4.79 Å². The molecule has 2 saturated heterocycles. The van der Waals surface area contributed by atoms with E-state index in [0.29, 0.717) is 31.2 Å². The van der Waals surface area contributed by atoms with Crippen molar-refractivity contribution in [2.45, 2.75) is 31.8 Å². The fourth-order valence-electron chi connectivity index (χ4n) is 3.62. The van der Waals surface area contributed by atoms with E-state index in [-0.39, 0.29) is 29.9 Å². The molecule has 0 spiro atoms. The highest BCUT2D eigenvalue weighted by atomic mass is 32.2. The smallest absolute Gasteiger partial charge is 0.319 e. The van der Waals surface area contributed by atoms with Gasteiger partial charge >= 0.3 is 6.03 Å². The number of hydrogen-bond donors (Lipinski definition) is 1. The van der Waals surface area contributed by atoms with Gasteiger partial charge in [-0.3, -0.25) is 9.89 Å². The van der Waals surface area contributed by atoms with Gasteiger partial charge in [0.15, 0.2) is 15.7 Å². The van der Waals surface area contributed by atoms with Crippen LogP contribution in [0.5, 0.6) is 0 Å². The molecule has 0 unspecified atom stereocenters. The number of carbonyl (C=O) groups excluding carboxylic acids is 2. The van der Waals surface area contributed by atoms with Gasteiger partial charge in [-0.2, -0.15) is 5.10 Å². The molecule has 2 aliphatic rings. The summed E-state index contributed by atoms with van der Waals surface area (Å²) in [6.45, 7) is 2.45. The van der Waals surface area contributed by atoms with Gasteiger partial charge in [0.2, 0.25) is 5.91 Å². The number of urea groups is 1. The number of rotatable bonds is 3. The van der Waals surface area contributed by atoms with E-state index in [1.165, 1.54) is 4.90 Å². The normalized spacial score (nSPS) is 24.4. The Morgan fingerprint density at radius 2 is 1.81 bits per heavy atom. The van der Waals surface area contributed by atoms with E-state index in [1.807, 2.05) is 0 Å². The fourth-order valence-corrected chi connectivity index (χ4v) is 5.60. The Balaban J connectivity index is 1.72. The molecule has 0 saturated carbocycles. The van der Waals surface area contributed by atoms with E-state index in [4.69, 9.17) is 0 Å². The largest absolute Gasteiger partial charge is 0.335 e. The topological polar surface area (TPSA) is 120 Å². The van der Waals surface area contributed by atoms with Crippen molar-refractivity contribution in [3.05, 3.63) is 11.6 Å². The molecule has 1 aromatic rings. The van der Waals surface area contributed by atoms with E-state index >= 15 is 0 Å². The van der Waals surface area contributed by atoms with Crippen LogP contribution in [0.3, 0.4) is 0 Å². The van der Waals surface area contributed by atoms with Gasteiger partial charge in [-0.1, -0.05) is 0 Å². The summed E-state index contributed by atoms with van der Waals surface area (Å²) < 4.78 is 24.3. The summed E-state index contributed by atoms with van der Waals surface area (Å²) >= 11 is 0. The lowest BCUT2D eigenvalue weighted by molar-refractivity contribution is -0.136. The Kier molecular flexibility index (Phi) is 4.91. The zero-order chi connectivity index (χ0) is 19.1. The molecule has 3 heterocycles. The van der Waals surface area contributed by atoms with Crippen LogP contribution in [0.1, 0.15) is 18.1 Å². The average Bonchev–Trinajstić information content (AvgIpc) is 3.12. The molecule has 1 aromatic heterocycles. The monoisotopic (exact) mass is 384 g/mol. The van der Waals surface area contributed by atoms with Crippen molar-refractivity contribution in [1.29, 1.82) is 0 Å². The third-order valence-electron chi connectivity index (χ3n) is 4.83. The lowest BCUT2D eigenvalue weighted by Crippen LogP contribution is -2.63. The van der Waals surface area contributed by atoms with Crippen LogP contribution < -0.4 is 0 Å². The highest BCUT2D eigenvalue weighted by Gasteiger charge is 2.49. The minimum Gasteiger partial charge on any atom is -0.335 e. The molecule has 0 radical (unpaired) electrons. The Labute approximate surface area is 152 Å². The molecule has 3 rings (SSSR count). The zero-order valence-electron chi connectivity index (χ0n) is 15.2. The van der Waals surface area contributed by atoms with E-state index in [0.717, 1.165) is 0 Å². The number of aryl methyl sites for hydroxylation is 2. The quantitative estimate of drug-likeness (QED) is 0.717. The lowest BCUT2D eigenvalue weighted by atomic mass is 10.0. The van der Waals surface area contributed by atoms with Crippen LogP contribution in [0.2, 0.25) is 0 Å². The highest BCUT2D eigenvalue weighted by Crippen LogP contribution is 2.28. The predicted octanol–water partition coefficient (Wildman–Crippen LogP) is -0.963. The van der Waals surface area contributed by atoms with E-state index in [2.05, 4.69) is 15.2 Å². The second kappa shape index (κ2) is 6.86. The maximum Gasteiger partial charge on any atom is 0.319 e. The number of aromatic amines is 1. The van der Waals surface area contributed by atoms with E-state index < -0.39 is 21.9 Å². The SMILES string of the molecule is Cc1nc(CCC(=O)N2CCN(C(=O)N(C)C)[C@H]3CS(=O)(=O)C[C@H]32)n[nH]1. The minimum atomic E-state index is -3.29. The summed E-state index contributed by atoms with van der Waals surface area (Å²) in [5.41, 5.74) is 0. The van der Waals surface area contributed by atoms with Crippen molar-refractivity contribution in [1.82, 2.24) is 29.9 Å². The second-order valence-electron chi connectivity index (χ2n) is 7.01. The van der Waals surface area contributed by atoms with Crippen LogP contribution in [-0.4, -0.2) is 101 Å². The molecular weight excluding hydrogens is 360 g/mol. The molecule has 2 atom stereocenters. The van der Waals surface area contributed by atoms with Crippen LogP contribution in [0, 0.1) is 6.92 Å². The van der Waals surface area contributed by atoms with Crippen LogP contribution in [0.25, 0.3) is 0 Å². The van der Waals surface area contributed by atoms with Gasteiger partial charge in [0.25, 0.3) is 0 Å². The molecule has 0 aliphatic carbocycles. The molecule has 144 valence electrons. The number of nitrogens with zero attached hydrogens (tertiary/aromatic N) is 5. The molecule has 0 bridgehead atoms. The Bertz CT molecular complexity index is 805. The number of amides is 3. The Morgan fingerprint density at radius 1 is 1.19 bits per heavy atom. The van der Waals surface area contributed by atoms with Crippen molar-refractivity contribution < 1.29 is 18.0 Å². The van der Waals surface area contributed by atoms with Gasteiger partial charge in [0.05, 0.1) is 23.6 Å². The molecule has 2 aliphatic heterocycles. The molecule has 3 amide bonds. The van der Waals surface area contributed by atoms with Gasteiger partial charge in [-0.05, 0) is 6.92 Å². The number of hydrogen-bond acceptors (Lipinski definition) is 6. The number of sulfone groups is 1. The first-order valence-electron chi connectivity index (χ1n) is 8.53. The number of nitrogens with one attached hydrogen (secondary N) is 1.